The van der Waals surface area contributed by atoms with Crippen LogP contribution >= 0.6 is 0 Å². The lowest BCUT2D eigenvalue weighted by molar-refractivity contribution is -0.123. The lowest BCUT2D eigenvalue weighted by Gasteiger charge is -2.25. The molecule has 1 aromatic carbocycles. The SMILES string of the molecule is CCN(CC(=O)NC(C)(C)C)C(=O)c1ccc(Cn2cccc2)cc1. The van der Waals surface area contributed by atoms with Crippen molar-refractivity contribution in [2.45, 2.75) is 39.8 Å². The van der Waals surface area contributed by atoms with Crippen molar-refractivity contribution in [2.75, 3.05) is 13.1 Å². The third-order valence-electron chi connectivity index (χ3n) is 3.75. The molecule has 1 aromatic heterocycles. The van der Waals surface area contributed by atoms with E-state index in [0.717, 1.165) is 12.1 Å². The Kier molecular flexibility index (Phi) is 6.02. The Morgan fingerprint density at radius 3 is 2.20 bits per heavy atom. The summed E-state index contributed by atoms with van der Waals surface area (Å²) in [5, 5.41) is 2.89. The van der Waals surface area contributed by atoms with E-state index in [-0.39, 0.29) is 23.9 Å². The molecule has 134 valence electrons. The summed E-state index contributed by atoms with van der Waals surface area (Å²) in [7, 11) is 0. The van der Waals surface area contributed by atoms with E-state index in [2.05, 4.69) is 9.88 Å². The van der Waals surface area contributed by atoms with Crippen LogP contribution in [0.3, 0.4) is 0 Å². The summed E-state index contributed by atoms with van der Waals surface area (Å²) in [5.41, 5.74) is 1.42. The number of likely N-dealkylation sites (N-methyl/N-ethyl adjacent to an activating group) is 1. The molecule has 5 nitrogen and oxygen atoms in total. The zero-order chi connectivity index (χ0) is 18.4. The minimum absolute atomic E-state index is 0.0672. The normalized spacial score (nSPS) is 11.2. The van der Waals surface area contributed by atoms with Gasteiger partial charge in [0.05, 0.1) is 6.54 Å². The van der Waals surface area contributed by atoms with E-state index in [1.807, 2.05) is 76.5 Å². The molecule has 0 fully saturated rings. The Morgan fingerprint density at radius 1 is 1.08 bits per heavy atom. The second kappa shape index (κ2) is 8.01. The van der Waals surface area contributed by atoms with E-state index in [0.29, 0.717) is 12.1 Å². The Bertz CT molecular complexity index is 698. The first-order chi connectivity index (χ1) is 11.8. The van der Waals surface area contributed by atoms with Gasteiger partial charge in [0.15, 0.2) is 0 Å². The van der Waals surface area contributed by atoms with Gasteiger partial charge in [-0.25, -0.2) is 0 Å². The standard InChI is InChI=1S/C20H27N3O2/c1-5-23(15-18(24)21-20(2,3)4)19(25)17-10-8-16(9-11-17)14-22-12-6-7-13-22/h6-13H,5,14-15H2,1-4H3,(H,21,24). The molecule has 0 bridgehead atoms. The number of carbonyl (C=O) groups is 2. The second-order valence-corrected chi connectivity index (χ2v) is 7.17. The highest BCUT2D eigenvalue weighted by Gasteiger charge is 2.20. The van der Waals surface area contributed by atoms with Gasteiger partial charge in [0.25, 0.3) is 5.91 Å². The maximum atomic E-state index is 12.6. The molecule has 5 heteroatoms. The van der Waals surface area contributed by atoms with Crippen molar-refractivity contribution in [1.82, 2.24) is 14.8 Å². The number of nitrogens with zero attached hydrogens (tertiary/aromatic N) is 2. The van der Waals surface area contributed by atoms with Gasteiger partial charge in [-0.2, -0.15) is 0 Å². The van der Waals surface area contributed by atoms with E-state index in [1.165, 1.54) is 0 Å². The van der Waals surface area contributed by atoms with Crippen LogP contribution in [0.1, 0.15) is 43.6 Å². The fraction of sp³-hybridized carbons (Fsp3) is 0.400. The first-order valence-corrected chi connectivity index (χ1v) is 8.58. The van der Waals surface area contributed by atoms with E-state index in [4.69, 9.17) is 0 Å². The van der Waals surface area contributed by atoms with Crippen LogP contribution in [0.15, 0.2) is 48.8 Å². The van der Waals surface area contributed by atoms with E-state index in [9.17, 15) is 9.59 Å². The number of aromatic nitrogens is 1. The monoisotopic (exact) mass is 341 g/mol. The van der Waals surface area contributed by atoms with Gasteiger partial charge in [-0.3, -0.25) is 9.59 Å². The number of hydrogen-bond donors (Lipinski definition) is 1. The Labute approximate surface area is 149 Å². The second-order valence-electron chi connectivity index (χ2n) is 7.17. The maximum Gasteiger partial charge on any atom is 0.254 e. The fourth-order valence-electron chi connectivity index (χ4n) is 2.58. The predicted molar refractivity (Wildman–Crippen MR) is 99.4 cm³/mol. The van der Waals surface area contributed by atoms with E-state index < -0.39 is 0 Å². The average molecular weight is 341 g/mol. The largest absolute Gasteiger partial charge is 0.350 e. The summed E-state index contributed by atoms with van der Waals surface area (Å²) in [5.74, 6) is -0.272. The van der Waals surface area contributed by atoms with Crippen molar-refractivity contribution in [3.63, 3.8) is 0 Å². The first kappa shape index (κ1) is 18.8. The van der Waals surface area contributed by atoms with Gasteiger partial charge in [-0.05, 0) is 57.5 Å². The van der Waals surface area contributed by atoms with Crippen molar-refractivity contribution in [3.8, 4) is 0 Å². The van der Waals surface area contributed by atoms with Crippen LogP contribution in [-0.4, -0.2) is 39.9 Å². The molecular formula is C20H27N3O2. The number of carbonyl (C=O) groups excluding carboxylic acids is 2. The molecule has 2 amide bonds. The highest BCUT2D eigenvalue weighted by molar-refractivity contribution is 5.96. The first-order valence-electron chi connectivity index (χ1n) is 8.58. The highest BCUT2D eigenvalue weighted by Crippen LogP contribution is 2.10. The van der Waals surface area contributed by atoms with Gasteiger partial charge in [0.1, 0.15) is 0 Å². The molecule has 0 aliphatic heterocycles. The molecule has 0 saturated carbocycles. The zero-order valence-electron chi connectivity index (χ0n) is 15.5. The van der Waals surface area contributed by atoms with Crippen LogP contribution in [0.5, 0.6) is 0 Å². The lowest BCUT2D eigenvalue weighted by Crippen LogP contribution is -2.47. The minimum Gasteiger partial charge on any atom is -0.350 e. The molecule has 0 radical (unpaired) electrons. The van der Waals surface area contributed by atoms with Crippen LogP contribution < -0.4 is 5.32 Å². The van der Waals surface area contributed by atoms with Crippen LogP contribution in [0.25, 0.3) is 0 Å². The molecule has 1 N–H and O–H groups in total. The van der Waals surface area contributed by atoms with Gasteiger partial charge < -0.3 is 14.8 Å². The number of rotatable bonds is 6. The quantitative estimate of drug-likeness (QED) is 0.878. The molecule has 25 heavy (non-hydrogen) atoms. The fourth-order valence-corrected chi connectivity index (χ4v) is 2.58. The molecule has 0 unspecified atom stereocenters. The summed E-state index contributed by atoms with van der Waals surface area (Å²) in [6.07, 6.45) is 4.01. The summed E-state index contributed by atoms with van der Waals surface area (Å²) in [4.78, 5) is 26.3. The van der Waals surface area contributed by atoms with Crippen molar-refractivity contribution < 1.29 is 9.59 Å². The molecule has 0 saturated heterocycles. The number of nitrogens with one attached hydrogen (secondary N) is 1. The van der Waals surface area contributed by atoms with Gasteiger partial charge in [0, 0.05) is 36.6 Å². The van der Waals surface area contributed by atoms with Crippen molar-refractivity contribution >= 4 is 11.8 Å². The smallest absolute Gasteiger partial charge is 0.254 e. The average Bonchev–Trinajstić information content (AvgIpc) is 3.04. The molecule has 0 aliphatic carbocycles. The number of benzene rings is 1. The van der Waals surface area contributed by atoms with Gasteiger partial charge in [0.2, 0.25) is 5.91 Å². The Morgan fingerprint density at radius 2 is 1.68 bits per heavy atom. The van der Waals surface area contributed by atoms with Crippen molar-refractivity contribution in [2.24, 2.45) is 0 Å². The minimum atomic E-state index is -0.306. The maximum absolute atomic E-state index is 12.6. The van der Waals surface area contributed by atoms with E-state index in [1.54, 1.807) is 4.90 Å². The molecule has 1 heterocycles. The van der Waals surface area contributed by atoms with Gasteiger partial charge in [-0.15, -0.1) is 0 Å². The van der Waals surface area contributed by atoms with Crippen molar-refractivity contribution in [1.29, 1.82) is 0 Å². The van der Waals surface area contributed by atoms with Crippen molar-refractivity contribution in [3.05, 3.63) is 59.9 Å². The van der Waals surface area contributed by atoms with Crippen LogP contribution in [0.4, 0.5) is 0 Å². The van der Waals surface area contributed by atoms with Crippen LogP contribution in [-0.2, 0) is 11.3 Å². The molecule has 2 aromatic rings. The molecule has 0 spiro atoms. The van der Waals surface area contributed by atoms with Crippen LogP contribution in [0.2, 0.25) is 0 Å². The number of hydrogen-bond acceptors (Lipinski definition) is 2. The molecular weight excluding hydrogens is 314 g/mol. The number of amides is 2. The summed E-state index contributed by atoms with van der Waals surface area (Å²) >= 11 is 0. The summed E-state index contributed by atoms with van der Waals surface area (Å²) < 4.78 is 2.08. The van der Waals surface area contributed by atoms with Gasteiger partial charge in [-0.1, -0.05) is 12.1 Å². The highest BCUT2D eigenvalue weighted by atomic mass is 16.2. The molecule has 0 aliphatic rings. The topological polar surface area (TPSA) is 54.3 Å². The third-order valence-corrected chi connectivity index (χ3v) is 3.75. The van der Waals surface area contributed by atoms with E-state index >= 15 is 0 Å². The Balaban J connectivity index is 2.00. The zero-order valence-corrected chi connectivity index (χ0v) is 15.5. The Hall–Kier alpha value is -2.56. The van der Waals surface area contributed by atoms with Gasteiger partial charge >= 0.3 is 0 Å². The lowest BCUT2D eigenvalue weighted by atomic mass is 10.1. The summed E-state index contributed by atoms with van der Waals surface area (Å²) in [6.45, 7) is 8.97. The van der Waals surface area contributed by atoms with Crippen LogP contribution in [0, 0.1) is 0 Å². The third kappa shape index (κ3) is 5.78. The molecule has 0 atom stereocenters. The predicted octanol–water partition coefficient (Wildman–Crippen LogP) is 2.91. The molecule has 2 rings (SSSR count). The summed E-state index contributed by atoms with van der Waals surface area (Å²) in [6, 6.07) is 11.5.